The van der Waals surface area contributed by atoms with Crippen LogP contribution in [-0.4, -0.2) is 56.0 Å². The van der Waals surface area contributed by atoms with E-state index in [9.17, 15) is 18.0 Å². The van der Waals surface area contributed by atoms with E-state index < -0.39 is 21.8 Å². The van der Waals surface area contributed by atoms with E-state index in [1.807, 2.05) is 0 Å². The molecular formula is C12H15ClN2O5S. The topological polar surface area (TPSA) is 104 Å². The molecule has 0 atom stereocenters. The van der Waals surface area contributed by atoms with Crippen LogP contribution < -0.4 is 5.32 Å². The number of sulfone groups is 1. The quantitative estimate of drug-likeness (QED) is 0.850. The van der Waals surface area contributed by atoms with Crippen molar-refractivity contribution in [2.24, 2.45) is 0 Å². The van der Waals surface area contributed by atoms with Crippen LogP contribution in [0, 0.1) is 0 Å². The molecule has 2 amide bonds. The Morgan fingerprint density at radius 2 is 2.00 bits per heavy atom. The third kappa shape index (κ3) is 5.60. The number of nitrogens with one attached hydrogen (secondary N) is 1. The Labute approximate surface area is 127 Å². The van der Waals surface area contributed by atoms with Crippen LogP contribution >= 0.6 is 11.6 Å². The van der Waals surface area contributed by atoms with Gasteiger partial charge in [0.25, 0.3) is 0 Å². The molecule has 21 heavy (non-hydrogen) atoms. The highest BCUT2D eigenvalue weighted by molar-refractivity contribution is 7.90. The van der Waals surface area contributed by atoms with Crippen molar-refractivity contribution in [3.05, 3.63) is 28.8 Å². The van der Waals surface area contributed by atoms with Gasteiger partial charge in [0, 0.05) is 24.9 Å². The number of rotatable bonds is 5. The number of carbonyl (C=O) groups excluding carboxylic acids is 1. The van der Waals surface area contributed by atoms with Crippen LogP contribution in [0.1, 0.15) is 10.4 Å². The van der Waals surface area contributed by atoms with E-state index in [1.165, 1.54) is 25.2 Å². The second kappa shape index (κ2) is 6.77. The number of hydrogen-bond donors (Lipinski definition) is 2. The van der Waals surface area contributed by atoms with Gasteiger partial charge in [-0.3, -0.25) is 0 Å². The molecule has 116 valence electrons. The summed E-state index contributed by atoms with van der Waals surface area (Å²) in [6, 6.07) is 3.36. The van der Waals surface area contributed by atoms with Crippen molar-refractivity contribution >= 4 is 39.1 Å². The highest BCUT2D eigenvalue weighted by Crippen LogP contribution is 2.21. The number of benzene rings is 1. The number of anilines is 1. The van der Waals surface area contributed by atoms with Crippen LogP contribution in [0.25, 0.3) is 0 Å². The highest BCUT2D eigenvalue weighted by atomic mass is 35.5. The molecule has 0 saturated carbocycles. The number of aromatic carboxylic acids is 1. The number of nitrogens with zero attached hydrogens (tertiary/aromatic N) is 1. The van der Waals surface area contributed by atoms with E-state index in [0.29, 0.717) is 0 Å². The Hall–Kier alpha value is -1.80. The van der Waals surface area contributed by atoms with Crippen molar-refractivity contribution in [1.29, 1.82) is 0 Å². The summed E-state index contributed by atoms with van der Waals surface area (Å²) in [5, 5.41) is 11.7. The molecule has 9 heteroatoms. The van der Waals surface area contributed by atoms with Crippen LogP contribution in [0.3, 0.4) is 0 Å². The van der Waals surface area contributed by atoms with Crippen molar-refractivity contribution in [2.45, 2.75) is 0 Å². The number of carboxylic acid groups (broad SMARTS) is 1. The molecule has 0 aliphatic carbocycles. The number of carbonyl (C=O) groups is 2. The van der Waals surface area contributed by atoms with E-state index in [-0.39, 0.29) is 28.6 Å². The minimum Gasteiger partial charge on any atom is -0.478 e. The maximum atomic E-state index is 11.9. The number of hydrogen-bond acceptors (Lipinski definition) is 4. The first kappa shape index (κ1) is 17.3. The van der Waals surface area contributed by atoms with Gasteiger partial charge in [-0.15, -0.1) is 0 Å². The first-order valence-corrected chi connectivity index (χ1v) is 8.26. The Kier molecular flexibility index (Phi) is 5.56. The molecule has 0 radical (unpaired) electrons. The summed E-state index contributed by atoms with van der Waals surface area (Å²) >= 11 is 5.77. The van der Waals surface area contributed by atoms with Crippen LogP contribution in [-0.2, 0) is 9.84 Å². The zero-order chi connectivity index (χ0) is 16.2. The molecule has 1 rings (SSSR count). The standard InChI is InChI=1S/C12H15ClN2O5S/c1-15(5-6-21(2,19)20)12(18)14-10-7-8(13)3-4-9(10)11(16)17/h3-4,7H,5-6H2,1-2H3,(H,14,18)(H,16,17). The zero-order valence-corrected chi connectivity index (χ0v) is 13.0. The summed E-state index contributed by atoms with van der Waals surface area (Å²) < 4.78 is 22.1. The second-order valence-electron chi connectivity index (χ2n) is 4.48. The molecule has 0 saturated heterocycles. The average Bonchev–Trinajstić information content (AvgIpc) is 2.34. The molecule has 1 aromatic carbocycles. The minimum absolute atomic E-state index is 0.00631. The van der Waals surface area contributed by atoms with Gasteiger partial charge in [-0.1, -0.05) is 11.6 Å². The maximum absolute atomic E-state index is 11.9. The largest absolute Gasteiger partial charge is 0.478 e. The maximum Gasteiger partial charge on any atom is 0.337 e. The van der Waals surface area contributed by atoms with E-state index in [0.717, 1.165) is 11.2 Å². The Morgan fingerprint density at radius 1 is 1.38 bits per heavy atom. The monoisotopic (exact) mass is 334 g/mol. The molecule has 2 N–H and O–H groups in total. The van der Waals surface area contributed by atoms with Gasteiger partial charge in [-0.05, 0) is 18.2 Å². The van der Waals surface area contributed by atoms with Gasteiger partial charge in [0.05, 0.1) is 17.0 Å². The predicted molar refractivity (Wildman–Crippen MR) is 79.8 cm³/mol. The SMILES string of the molecule is CN(CCS(C)(=O)=O)C(=O)Nc1cc(Cl)ccc1C(=O)O. The van der Waals surface area contributed by atoms with Crippen molar-refractivity contribution in [3.63, 3.8) is 0 Å². The van der Waals surface area contributed by atoms with Crippen molar-refractivity contribution < 1.29 is 23.1 Å². The molecule has 0 unspecified atom stereocenters. The third-order valence-electron chi connectivity index (χ3n) is 2.60. The Bertz CT molecular complexity index is 660. The second-order valence-corrected chi connectivity index (χ2v) is 7.17. The van der Waals surface area contributed by atoms with Crippen molar-refractivity contribution in [1.82, 2.24) is 4.90 Å². The van der Waals surface area contributed by atoms with E-state index in [1.54, 1.807) is 0 Å². The highest BCUT2D eigenvalue weighted by Gasteiger charge is 2.16. The molecule has 0 bridgehead atoms. The first-order valence-electron chi connectivity index (χ1n) is 5.83. The predicted octanol–water partition coefficient (Wildman–Crippen LogP) is 1.55. The van der Waals surface area contributed by atoms with E-state index >= 15 is 0 Å². The lowest BCUT2D eigenvalue weighted by molar-refractivity contribution is 0.0698. The van der Waals surface area contributed by atoms with E-state index in [4.69, 9.17) is 16.7 Å². The average molecular weight is 335 g/mol. The summed E-state index contributed by atoms with van der Waals surface area (Å²) in [4.78, 5) is 24.1. The summed E-state index contributed by atoms with van der Waals surface area (Å²) in [5.74, 6) is -1.39. The van der Waals surface area contributed by atoms with Crippen molar-refractivity contribution in [2.75, 3.05) is 30.9 Å². The molecule has 0 aromatic heterocycles. The molecular weight excluding hydrogens is 320 g/mol. The lowest BCUT2D eigenvalue weighted by Gasteiger charge is -2.18. The molecule has 0 spiro atoms. The van der Waals surface area contributed by atoms with Gasteiger partial charge in [-0.2, -0.15) is 0 Å². The fourth-order valence-electron chi connectivity index (χ4n) is 1.42. The molecule has 7 nitrogen and oxygen atoms in total. The smallest absolute Gasteiger partial charge is 0.337 e. The fraction of sp³-hybridized carbons (Fsp3) is 0.333. The van der Waals surface area contributed by atoms with Crippen LogP contribution in [0.4, 0.5) is 10.5 Å². The lowest BCUT2D eigenvalue weighted by atomic mass is 10.2. The van der Waals surface area contributed by atoms with Gasteiger partial charge in [-0.25, -0.2) is 18.0 Å². The minimum atomic E-state index is -3.19. The van der Waals surface area contributed by atoms with E-state index in [2.05, 4.69) is 5.32 Å². The molecule has 0 heterocycles. The summed E-state index contributed by atoms with van der Waals surface area (Å²) in [6.07, 6.45) is 1.07. The van der Waals surface area contributed by atoms with Gasteiger partial charge >= 0.3 is 12.0 Å². The molecule has 0 fully saturated rings. The Morgan fingerprint density at radius 3 is 2.52 bits per heavy atom. The number of halogens is 1. The lowest BCUT2D eigenvalue weighted by Crippen LogP contribution is -2.35. The normalized spacial score (nSPS) is 11.0. The van der Waals surface area contributed by atoms with Crippen LogP contribution in [0.5, 0.6) is 0 Å². The van der Waals surface area contributed by atoms with Crippen LogP contribution in [0.2, 0.25) is 5.02 Å². The van der Waals surface area contributed by atoms with Gasteiger partial charge < -0.3 is 15.3 Å². The zero-order valence-electron chi connectivity index (χ0n) is 11.5. The Balaban J connectivity index is 2.83. The summed E-state index contributed by atoms with van der Waals surface area (Å²) in [6.45, 7) is -0.00631. The van der Waals surface area contributed by atoms with Crippen molar-refractivity contribution in [3.8, 4) is 0 Å². The van der Waals surface area contributed by atoms with Crippen LogP contribution in [0.15, 0.2) is 18.2 Å². The van der Waals surface area contributed by atoms with Gasteiger partial charge in [0.2, 0.25) is 0 Å². The first-order chi connectivity index (χ1) is 9.60. The molecule has 1 aromatic rings. The summed E-state index contributed by atoms with van der Waals surface area (Å²) in [5.41, 5.74) is -0.0598. The fourth-order valence-corrected chi connectivity index (χ4v) is 2.20. The summed E-state index contributed by atoms with van der Waals surface area (Å²) in [7, 11) is -1.78. The van der Waals surface area contributed by atoms with Gasteiger partial charge in [0.15, 0.2) is 0 Å². The molecule has 0 aliphatic heterocycles. The number of carboxylic acids is 1. The number of amides is 2. The number of urea groups is 1. The molecule has 0 aliphatic rings. The van der Waals surface area contributed by atoms with Gasteiger partial charge in [0.1, 0.15) is 9.84 Å². The third-order valence-corrected chi connectivity index (χ3v) is 3.76.